The zero-order valence-corrected chi connectivity index (χ0v) is 13.0. The highest BCUT2D eigenvalue weighted by Crippen LogP contribution is 2.17. The third-order valence-corrected chi connectivity index (χ3v) is 4.11. The summed E-state index contributed by atoms with van der Waals surface area (Å²) in [5.74, 6) is 0.594. The van der Waals surface area contributed by atoms with Gasteiger partial charge in [-0.2, -0.15) is 0 Å². The van der Waals surface area contributed by atoms with Crippen LogP contribution in [0.1, 0.15) is 37.3 Å². The van der Waals surface area contributed by atoms with E-state index in [9.17, 15) is 0 Å². The third-order valence-electron chi connectivity index (χ3n) is 3.22. The molecular formula is C15H24BrNO. The van der Waals surface area contributed by atoms with Gasteiger partial charge in [-0.25, -0.2) is 0 Å². The average molecular weight is 314 g/mol. The second-order valence-electron chi connectivity index (χ2n) is 4.88. The van der Waals surface area contributed by atoms with Crippen LogP contribution in [-0.2, 0) is 6.54 Å². The number of benzene rings is 1. The highest BCUT2D eigenvalue weighted by atomic mass is 79.9. The van der Waals surface area contributed by atoms with Crippen molar-refractivity contribution in [2.24, 2.45) is 5.92 Å². The molecule has 0 bridgehead atoms. The fraction of sp³-hybridized carbons (Fsp3) is 0.600. The molecule has 0 spiro atoms. The maximum absolute atomic E-state index is 9.01. The van der Waals surface area contributed by atoms with E-state index in [-0.39, 0.29) is 0 Å². The Morgan fingerprint density at radius 3 is 2.72 bits per heavy atom. The van der Waals surface area contributed by atoms with Crippen molar-refractivity contribution in [3.8, 4) is 0 Å². The molecule has 2 N–H and O–H groups in total. The van der Waals surface area contributed by atoms with E-state index in [1.165, 1.54) is 24.0 Å². The molecule has 1 rings (SSSR count). The normalized spacial score (nSPS) is 12.7. The highest BCUT2D eigenvalue weighted by Gasteiger charge is 2.06. The maximum Gasteiger partial charge on any atom is 0.0434 e. The van der Waals surface area contributed by atoms with Gasteiger partial charge in [0.2, 0.25) is 0 Å². The smallest absolute Gasteiger partial charge is 0.0434 e. The molecule has 102 valence electrons. The minimum Gasteiger partial charge on any atom is -0.396 e. The van der Waals surface area contributed by atoms with Crippen LogP contribution in [0.4, 0.5) is 0 Å². The second-order valence-corrected chi connectivity index (χ2v) is 5.74. The predicted molar refractivity (Wildman–Crippen MR) is 80.7 cm³/mol. The zero-order valence-electron chi connectivity index (χ0n) is 11.4. The lowest BCUT2D eigenvalue weighted by Crippen LogP contribution is -2.23. The van der Waals surface area contributed by atoms with Gasteiger partial charge < -0.3 is 10.4 Å². The van der Waals surface area contributed by atoms with Gasteiger partial charge in [-0.1, -0.05) is 41.4 Å². The van der Waals surface area contributed by atoms with E-state index in [2.05, 4.69) is 53.3 Å². The van der Waals surface area contributed by atoms with Gasteiger partial charge in [-0.15, -0.1) is 0 Å². The minimum atomic E-state index is 0.295. The Morgan fingerprint density at radius 1 is 1.33 bits per heavy atom. The van der Waals surface area contributed by atoms with E-state index in [1.807, 2.05) is 0 Å². The molecule has 0 aliphatic carbocycles. The van der Waals surface area contributed by atoms with Gasteiger partial charge in [0, 0.05) is 17.6 Å². The predicted octanol–water partition coefficient (Wildman–Crippen LogP) is 3.65. The van der Waals surface area contributed by atoms with Crippen molar-refractivity contribution in [3.05, 3.63) is 33.8 Å². The van der Waals surface area contributed by atoms with Gasteiger partial charge in [0.05, 0.1) is 0 Å². The molecule has 0 heterocycles. The molecule has 0 aliphatic rings. The number of hydrogen-bond donors (Lipinski definition) is 2. The average Bonchev–Trinajstić information content (AvgIpc) is 2.34. The van der Waals surface area contributed by atoms with Crippen LogP contribution in [0, 0.1) is 12.8 Å². The summed E-state index contributed by atoms with van der Waals surface area (Å²) in [7, 11) is 0. The molecule has 0 amide bonds. The van der Waals surface area contributed by atoms with Crippen LogP contribution in [0.2, 0.25) is 0 Å². The molecule has 1 aromatic rings. The van der Waals surface area contributed by atoms with Crippen LogP contribution < -0.4 is 5.32 Å². The lowest BCUT2D eigenvalue weighted by molar-refractivity contribution is 0.248. The molecule has 0 saturated heterocycles. The van der Waals surface area contributed by atoms with Gasteiger partial charge in [-0.05, 0) is 49.4 Å². The summed E-state index contributed by atoms with van der Waals surface area (Å²) in [6.07, 6.45) is 3.27. The minimum absolute atomic E-state index is 0.295. The van der Waals surface area contributed by atoms with Crippen LogP contribution in [0.25, 0.3) is 0 Å². The van der Waals surface area contributed by atoms with Crippen molar-refractivity contribution in [2.75, 3.05) is 13.2 Å². The Bertz CT molecular complexity index is 348. The molecule has 2 nitrogen and oxygen atoms in total. The molecular weight excluding hydrogens is 290 g/mol. The molecule has 3 heteroatoms. The Balaban J connectivity index is 2.37. The number of nitrogens with one attached hydrogen (secondary N) is 1. The summed E-state index contributed by atoms with van der Waals surface area (Å²) >= 11 is 3.51. The number of rotatable bonds is 8. The Hall–Kier alpha value is -0.380. The zero-order chi connectivity index (χ0) is 13.4. The summed E-state index contributed by atoms with van der Waals surface area (Å²) in [5, 5.41) is 12.5. The highest BCUT2D eigenvalue weighted by molar-refractivity contribution is 9.10. The van der Waals surface area contributed by atoms with E-state index < -0.39 is 0 Å². The monoisotopic (exact) mass is 313 g/mol. The van der Waals surface area contributed by atoms with Gasteiger partial charge in [-0.3, -0.25) is 0 Å². The van der Waals surface area contributed by atoms with Gasteiger partial charge >= 0.3 is 0 Å². The number of aliphatic hydroxyl groups excluding tert-OH is 1. The molecule has 1 unspecified atom stereocenters. The van der Waals surface area contributed by atoms with Crippen LogP contribution in [-0.4, -0.2) is 18.3 Å². The van der Waals surface area contributed by atoms with Crippen molar-refractivity contribution in [1.29, 1.82) is 0 Å². The first-order chi connectivity index (χ1) is 8.67. The molecule has 1 aromatic carbocycles. The summed E-state index contributed by atoms with van der Waals surface area (Å²) in [4.78, 5) is 0. The fourth-order valence-corrected chi connectivity index (χ4v) is 2.42. The topological polar surface area (TPSA) is 32.3 Å². The Labute approximate surface area is 119 Å². The first kappa shape index (κ1) is 15.7. The van der Waals surface area contributed by atoms with Crippen molar-refractivity contribution in [3.63, 3.8) is 0 Å². The fourth-order valence-electron chi connectivity index (χ4n) is 2.18. The maximum atomic E-state index is 9.01. The van der Waals surface area contributed by atoms with E-state index in [0.717, 1.165) is 24.0 Å². The number of aliphatic hydroxyl groups is 1. The molecule has 0 radical (unpaired) electrons. The SMILES string of the molecule is CCCC(CCO)CNCc1ccc(Br)c(C)c1. The molecule has 0 aliphatic heterocycles. The second kappa shape index (κ2) is 8.68. The summed E-state index contributed by atoms with van der Waals surface area (Å²) in [5.41, 5.74) is 2.59. The van der Waals surface area contributed by atoms with Gasteiger partial charge in [0.25, 0.3) is 0 Å². The van der Waals surface area contributed by atoms with Crippen LogP contribution in [0.5, 0.6) is 0 Å². The first-order valence-electron chi connectivity index (χ1n) is 6.74. The van der Waals surface area contributed by atoms with E-state index in [1.54, 1.807) is 0 Å². The Kier molecular flexibility index (Phi) is 7.56. The molecule has 18 heavy (non-hydrogen) atoms. The van der Waals surface area contributed by atoms with Crippen molar-refractivity contribution in [1.82, 2.24) is 5.32 Å². The molecule has 1 atom stereocenters. The molecule has 0 aromatic heterocycles. The van der Waals surface area contributed by atoms with Crippen LogP contribution >= 0.6 is 15.9 Å². The number of aryl methyl sites for hydroxylation is 1. The van der Waals surface area contributed by atoms with E-state index >= 15 is 0 Å². The quantitative estimate of drug-likeness (QED) is 0.768. The van der Waals surface area contributed by atoms with E-state index in [4.69, 9.17) is 5.11 Å². The Morgan fingerprint density at radius 2 is 2.11 bits per heavy atom. The van der Waals surface area contributed by atoms with E-state index in [0.29, 0.717) is 12.5 Å². The third kappa shape index (κ3) is 5.51. The van der Waals surface area contributed by atoms with Crippen molar-refractivity contribution < 1.29 is 5.11 Å². The summed E-state index contributed by atoms with van der Waals surface area (Å²) < 4.78 is 1.16. The number of halogens is 1. The molecule has 0 saturated carbocycles. The lowest BCUT2D eigenvalue weighted by Gasteiger charge is -2.16. The standard InChI is InChI=1S/C15H24BrNO/c1-3-4-13(7-8-18)10-17-11-14-5-6-15(16)12(2)9-14/h5-6,9,13,17-18H,3-4,7-8,10-11H2,1-2H3. The van der Waals surface area contributed by atoms with Crippen LogP contribution in [0.15, 0.2) is 22.7 Å². The summed E-state index contributed by atoms with van der Waals surface area (Å²) in [6, 6.07) is 6.45. The van der Waals surface area contributed by atoms with Crippen molar-refractivity contribution >= 4 is 15.9 Å². The number of hydrogen-bond acceptors (Lipinski definition) is 2. The van der Waals surface area contributed by atoms with Crippen molar-refractivity contribution in [2.45, 2.75) is 39.7 Å². The lowest BCUT2D eigenvalue weighted by atomic mass is 10.00. The van der Waals surface area contributed by atoms with Gasteiger partial charge in [0.15, 0.2) is 0 Å². The first-order valence-corrected chi connectivity index (χ1v) is 7.53. The summed E-state index contributed by atoms with van der Waals surface area (Å²) in [6.45, 7) is 6.49. The van der Waals surface area contributed by atoms with Gasteiger partial charge in [0.1, 0.15) is 0 Å². The largest absolute Gasteiger partial charge is 0.396 e. The van der Waals surface area contributed by atoms with Crippen LogP contribution in [0.3, 0.4) is 0 Å². The molecule has 0 fully saturated rings.